The lowest BCUT2D eigenvalue weighted by Gasteiger charge is -2.20. The van der Waals surface area contributed by atoms with E-state index in [2.05, 4.69) is 20.7 Å². The normalized spacial score (nSPS) is 23.7. The Labute approximate surface area is 126 Å². The number of halogens is 2. The van der Waals surface area contributed by atoms with Crippen LogP contribution in [-0.4, -0.2) is 21.0 Å². The van der Waals surface area contributed by atoms with E-state index < -0.39 is 10.0 Å². The third-order valence-electron chi connectivity index (χ3n) is 3.47. The van der Waals surface area contributed by atoms with Gasteiger partial charge in [0.05, 0.1) is 14.4 Å². The van der Waals surface area contributed by atoms with Crippen molar-refractivity contribution in [1.82, 2.24) is 4.72 Å². The Kier molecular flexibility index (Phi) is 4.89. The lowest BCUT2D eigenvalue weighted by Crippen LogP contribution is -2.39. The second-order valence-electron chi connectivity index (χ2n) is 4.71. The molecule has 1 saturated carbocycles. The van der Waals surface area contributed by atoms with Gasteiger partial charge in [0.1, 0.15) is 0 Å². The third-order valence-corrected chi connectivity index (χ3v) is 6.67. The largest absolute Gasteiger partial charge is 0.330 e. The molecule has 0 aliphatic heterocycles. The molecule has 106 valence electrons. The number of nitrogens with two attached hydrogens (primary N) is 1. The van der Waals surface area contributed by atoms with E-state index in [1.54, 1.807) is 12.1 Å². The molecule has 2 rings (SSSR count). The summed E-state index contributed by atoms with van der Waals surface area (Å²) < 4.78 is 27.9. The molecule has 0 aromatic heterocycles. The van der Waals surface area contributed by atoms with Crippen molar-refractivity contribution in [1.29, 1.82) is 0 Å². The first kappa shape index (κ1) is 15.3. The minimum Gasteiger partial charge on any atom is -0.330 e. The number of sulfonamides is 1. The highest BCUT2D eigenvalue weighted by molar-refractivity contribution is 9.10. The maximum Gasteiger partial charge on any atom is 0.242 e. The topological polar surface area (TPSA) is 72.2 Å². The minimum absolute atomic E-state index is 0.0825. The van der Waals surface area contributed by atoms with Gasteiger partial charge in [0.25, 0.3) is 0 Å². The molecule has 2 atom stereocenters. The van der Waals surface area contributed by atoms with E-state index in [1.807, 2.05) is 0 Å². The maximum atomic E-state index is 12.4. The SMILES string of the molecule is NCC1CCCC1NS(=O)(=O)c1cccc(Cl)c1Br. The van der Waals surface area contributed by atoms with Crippen LogP contribution in [0.1, 0.15) is 19.3 Å². The highest BCUT2D eigenvalue weighted by atomic mass is 79.9. The smallest absolute Gasteiger partial charge is 0.242 e. The van der Waals surface area contributed by atoms with E-state index in [9.17, 15) is 8.42 Å². The summed E-state index contributed by atoms with van der Waals surface area (Å²) >= 11 is 9.16. The lowest BCUT2D eigenvalue weighted by molar-refractivity contribution is 0.453. The fourth-order valence-corrected chi connectivity index (χ4v) is 5.00. The van der Waals surface area contributed by atoms with Crippen molar-refractivity contribution in [3.8, 4) is 0 Å². The molecule has 4 nitrogen and oxygen atoms in total. The quantitative estimate of drug-likeness (QED) is 0.859. The molecule has 0 radical (unpaired) electrons. The fraction of sp³-hybridized carbons (Fsp3) is 0.500. The van der Waals surface area contributed by atoms with E-state index in [0.29, 0.717) is 16.0 Å². The number of rotatable bonds is 4. The van der Waals surface area contributed by atoms with Crippen LogP contribution in [0.3, 0.4) is 0 Å². The summed E-state index contributed by atoms with van der Waals surface area (Å²) in [6, 6.07) is 4.71. The number of nitrogens with one attached hydrogen (secondary N) is 1. The molecule has 1 aliphatic rings. The van der Waals surface area contributed by atoms with E-state index in [1.165, 1.54) is 6.07 Å². The molecule has 0 spiro atoms. The zero-order valence-electron chi connectivity index (χ0n) is 10.3. The molecule has 0 heterocycles. The highest BCUT2D eigenvalue weighted by Crippen LogP contribution is 2.31. The summed E-state index contributed by atoms with van der Waals surface area (Å²) in [5, 5.41) is 0.379. The predicted octanol–water partition coefficient (Wildman–Crippen LogP) is 2.51. The van der Waals surface area contributed by atoms with E-state index in [4.69, 9.17) is 17.3 Å². The van der Waals surface area contributed by atoms with Crippen molar-refractivity contribution in [3.05, 3.63) is 27.7 Å². The molecule has 1 aromatic rings. The third kappa shape index (κ3) is 3.31. The molecule has 3 N–H and O–H groups in total. The van der Waals surface area contributed by atoms with Crippen LogP contribution >= 0.6 is 27.5 Å². The highest BCUT2D eigenvalue weighted by Gasteiger charge is 2.31. The van der Waals surface area contributed by atoms with Crippen molar-refractivity contribution in [2.75, 3.05) is 6.54 Å². The van der Waals surface area contributed by atoms with Crippen LogP contribution in [0.2, 0.25) is 5.02 Å². The Hall–Kier alpha value is -0.140. The first-order valence-electron chi connectivity index (χ1n) is 6.12. The summed E-state index contributed by atoms with van der Waals surface area (Å²) in [6.45, 7) is 0.504. The second-order valence-corrected chi connectivity index (χ2v) is 7.59. The Morgan fingerprint density at radius 2 is 2.16 bits per heavy atom. The average molecular weight is 368 g/mol. The second kappa shape index (κ2) is 6.10. The van der Waals surface area contributed by atoms with Crippen LogP contribution in [0.25, 0.3) is 0 Å². The van der Waals surface area contributed by atoms with Crippen molar-refractivity contribution in [3.63, 3.8) is 0 Å². The molecule has 1 fully saturated rings. The van der Waals surface area contributed by atoms with Gasteiger partial charge in [-0.3, -0.25) is 0 Å². The van der Waals surface area contributed by atoms with Gasteiger partial charge < -0.3 is 5.73 Å². The van der Waals surface area contributed by atoms with Crippen LogP contribution in [0.4, 0.5) is 0 Å². The first-order chi connectivity index (χ1) is 8.95. The number of hydrogen-bond acceptors (Lipinski definition) is 3. The van der Waals surface area contributed by atoms with Crippen molar-refractivity contribution in [2.24, 2.45) is 11.7 Å². The Balaban J connectivity index is 2.25. The van der Waals surface area contributed by atoms with Gasteiger partial charge in [-0.1, -0.05) is 24.1 Å². The molecule has 0 amide bonds. The van der Waals surface area contributed by atoms with Crippen LogP contribution in [0, 0.1) is 5.92 Å². The van der Waals surface area contributed by atoms with Gasteiger partial charge in [-0.2, -0.15) is 0 Å². The molecular formula is C12H16BrClN2O2S. The molecule has 1 aromatic carbocycles. The Bertz CT molecular complexity index is 565. The molecule has 0 saturated heterocycles. The fourth-order valence-electron chi connectivity index (χ4n) is 2.43. The Morgan fingerprint density at radius 1 is 1.42 bits per heavy atom. The average Bonchev–Trinajstić information content (AvgIpc) is 2.78. The summed E-state index contributed by atoms with van der Waals surface area (Å²) in [7, 11) is -3.58. The minimum atomic E-state index is -3.58. The maximum absolute atomic E-state index is 12.4. The van der Waals surface area contributed by atoms with Crippen molar-refractivity contribution in [2.45, 2.75) is 30.2 Å². The number of hydrogen-bond donors (Lipinski definition) is 2. The molecular weight excluding hydrogens is 352 g/mol. The van der Waals surface area contributed by atoms with Crippen LogP contribution in [0.5, 0.6) is 0 Å². The standard InChI is InChI=1S/C12H16BrClN2O2S/c13-12-9(14)4-2-6-11(12)19(17,18)16-10-5-1-3-8(10)7-15/h2,4,6,8,10,16H,1,3,5,7,15H2. The van der Waals surface area contributed by atoms with E-state index >= 15 is 0 Å². The van der Waals surface area contributed by atoms with E-state index in [0.717, 1.165) is 19.3 Å². The molecule has 19 heavy (non-hydrogen) atoms. The van der Waals surface area contributed by atoms with Crippen LogP contribution < -0.4 is 10.5 Å². The summed E-state index contributed by atoms with van der Waals surface area (Å²) in [4.78, 5) is 0.169. The van der Waals surface area contributed by atoms with Crippen molar-refractivity contribution < 1.29 is 8.42 Å². The monoisotopic (exact) mass is 366 g/mol. The zero-order valence-corrected chi connectivity index (χ0v) is 13.4. The lowest BCUT2D eigenvalue weighted by atomic mass is 10.1. The molecule has 0 bridgehead atoms. The summed E-state index contributed by atoms with van der Waals surface area (Å²) in [5.74, 6) is 0.215. The van der Waals surface area contributed by atoms with Gasteiger partial charge >= 0.3 is 0 Å². The van der Waals surface area contributed by atoms with Gasteiger partial charge in [-0.15, -0.1) is 0 Å². The first-order valence-corrected chi connectivity index (χ1v) is 8.77. The zero-order chi connectivity index (χ0) is 14.0. The van der Waals surface area contributed by atoms with Crippen molar-refractivity contribution >= 4 is 37.6 Å². The molecule has 2 unspecified atom stereocenters. The van der Waals surface area contributed by atoms with Gasteiger partial charge in [-0.05, 0) is 53.4 Å². The predicted molar refractivity (Wildman–Crippen MR) is 79.7 cm³/mol. The van der Waals surface area contributed by atoms with Gasteiger partial charge in [0.15, 0.2) is 0 Å². The number of benzene rings is 1. The Morgan fingerprint density at radius 3 is 2.84 bits per heavy atom. The van der Waals surface area contributed by atoms with Gasteiger partial charge in [0, 0.05) is 6.04 Å². The molecule has 7 heteroatoms. The van der Waals surface area contributed by atoms with Gasteiger partial charge in [0.2, 0.25) is 10.0 Å². The van der Waals surface area contributed by atoms with Crippen LogP contribution in [0.15, 0.2) is 27.6 Å². The van der Waals surface area contributed by atoms with Gasteiger partial charge in [-0.25, -0.2) is 13.1 Å². The summed E-state index contributed by atoms with van der Waals surface area (Å²) in [5.41, 5.74) is 5.67. The summed E-state index contributed by atoms with van der Waals surface area (Å²) in [6.07, 6.45) is 2.81. The van der Waals surface area contributed by atoms with Crippen LogP contribution in [-0.2, 0) is 10.0 Å². The van der Waals surface area contributed by atoms with E-state index in [-0.39, 0.29) is 16.9 Å². The molecule has 1 aliphatic carbocycles.